The zero-order chi connectivity index (χ0) is 29.5. The second-order valence-electron chi connectivity index (χ2n) is 12.0. The van der Waals surface area contributed by atoms with Crippen LogP contribution in [0.25, 0.3) is 0 Å². The second-order valence-corrected chi connectivity index (χ2v) is 12.0. The zero-order valence-corrected chi connectivity index (χ0v) is 25.5. The van der Waals surface area contributed by atoms with E-state index in [-0.39, 0.29) is 24.1 Å². The largest absolute Gasteiger partial charge is 0.550 e. The monoisotopic (exact) mass is 553 g/mol. The average molecular weight is 554 g/mol. The molecule has 0 aromatic carbocycles. The van der Waals surface area contributed by atoms with Crippen molar-refractivity contribution in [2.45, 2.75) is 130 Å². The first kappa shape index (κ1) is 37.1. The molecule has 0 fully saturated rings. The Kier molecular flexibility index (Phi) is 21.8. The van der Waals surface area contributed by atoms with Crippen molar-refractivity contribution in [2.75, 3.05) is 26.2 Å². The van der Waals surface area contributed by atoms with E-state index in [9.17, 15) is 29.7 Å². The number of carbonyl (C=O) groups is 3. The Bertz CT molecular complexity index is 637. The number of nitrogens with zero attached hydrogens (tertiary/aromatic N) is 1. The van der Waals surface area contributed by atoms with Gasteiger partial charge in [-0.2, -0.15) is 0 Å². The van der Waals surface area contributed by atoms with Gasteiger partial charge in [0.05, 0.1) is 26.2 Å². The highest BCUT2D eigenvalue weighted by molar-refractivity contribution is 5.70. The number of quaternary nitrogens is 1. The van der Waals surface area contributed by atoms with Gasteiger partial charge in [-0.3, -0.25) is 9.59 Å². The molecule has 0 spiro atoms. The van der Waals surface area contributed by atoms with E-state index in [0.717, 1.165) is 25.7 Å². The number of hydrogen-bond donors (Lipinski definition) is 2. The molecule has 228 valence electrons. The Morgan fingerprint density at radius 3 is 1.36 bits per heavy atom. The molecule has 39 heavy (non-hydrogen) atoms. The molecule has 0 aromatic rings. The molecule has 0 saturated heterocycles. The van der Waals surface area contributed by atoms with Gasteiger partial charge in [0.25, 0.3) is 0 Å². The lowest BCUT2D eigenvalue weighted by atomic mass is 10.00. The van der Waals surface area contributed by atoms with Crippen LogP contribution in [0.4, 0.5) is 0 Å². The van der Waals surface area contributed by atoms with Crippen LogP contribution in [0.3, 0.4) is 0 Å². The van der Waals surface area contributed by atoms with Crippen molar-refractivity contribution in [2.24, 2.45) is 17.8 Å². The molecule has 3 unspecified atom stereocenters. The number of carboxylic acid groups (broad SMARTS) is 3. The van der Waals surface area contributed by atoms with Gasteiger partial charge in [-0.1, -0.05) is 90.2 Å². The van der Waals surface area contributed by atoms with E-state index in [2.05, 4.69) is 19.1 Å². The minimum Gasteiger partial charge on any atom is -0.550 e. The van der Waals surface area contributed by atoms with Crippen molar-refractivity contribution in [3.8, 4) is 0 Å². The number of unbranched alkanes of at least 4 members (excludes halogenated alkanes) is 14. The molecule has 2 N–H and O–H groups in total. The Morgan fingerprint density at radius 2 is 0.974 bits per heavy atom. The molecule has 0 rings (SSSR count). The van der Waals surface area contributed by atoms with E-state index in [0.29, 0.717) is 6.54 Å². The van der Waals surface area contributed by atoms with Gasteiger partial charge in [-0.15, -0.1) is 0 Å². The van der Waals surface area contributed by atoms with E-state index >= 15 is 0 Å². The summed E-state index contributed by atoms with van der Waals surface area (Å²) in [5.41, 5.74) is 0. The van der Waals surface area contributed by atoms with Gasteiger partial charge >= 0.3 is 11.9 Å². The molecule has 0 bridgehead atoms. The molecule has 0 aliphatic heterocycles. The van der Waals surface area contributed by atoms with Crippen LogP contribution in [-0.2, 0) is 14.4 Å². The highest BCUT2D eigenvalue weighted by Gasteiger charge is 2.36. The van der Waals surface area contributed by atoms with Crippen LogP contribution in [0, 0.1) is 17.8 Å². The fourth-order valence-corrected chi connectivity index (χ4v) is 5.52. The van der Waals surface area contributed by atoms with Crippen molar-refractivity contribution >= 4 is 17.9 Å². The van der Waals surface area contributed by atoms with Crippen molar-refractivity contribution < 1.29 is 34.2 Å². The van der Waals surface area contributed by atoms with E-state index in [1.54, 1.807) is 20.8 Å². The molecule has 0 aliphatic rings. The summed E-state index contributed by atoms with van der Waals surface area (Å²) in [4.78, 5) is 34.7. The number of hydrogen-bond acceptors (Lipinski definition) is 4. The first-order chi connectivity index (χ1) is 18.5. The van der Waals surface area contributed by atoms with Gasteiger partial charge in [0.2, 0.25) is 0 Å². The van der Waals surface area contributed by atoms with Gasteiger partial charge in [-0.05, 0) is 52.4 Å². The van der Waals surface area contributed by atoms with E-state index < -0.39 is 35.7 Å². The van der Waals surface area contributed by atoms with Gasteiger partial charge < -0.3 is 24.6 Å². The van der Waals surface area contributed by atoms with Crippen LogP contribution in [0.15, 0.2) is 12.2 Å². The number of aliphatic carboxylic acids is 3. The van der Waals surface area contributed by atoms with Crippen LogP contribution in [0.1, 0.15) is 130 Å². The van der Waals surface area contributed by atoms with Crippen molar-refractivity contribution in [3.05, 3.63) is 12.2 Å². The topological polar surface area (TPSA) is 115 Å². The predicted octanol–water partition coefficient (Wildman–Crippen LogP) is 6.45. The summed E-state index contributed by atoms with van der Waals surface area (Å²) in [5, 5.41) is 30.5. The number of rotatable bonds is 27. The summed E-state index contributed by atoms with van der Waals surface area (Å²) in [6.45, 7) is 8.23. The maximum Gasteiger partial charge on any atom is 0.311 e. The fourth-order valence-electron chi connectivity index (χ4n) is 5.52. The predicted molar refractivity (Wildman–Crippen MR) is 156 cm³/mol. The minimum absolute atomic E-state index is 0.183. The molecule has 7 nitrogen and oxygen atoms in total. The average Bonchev–Trinajstić information content (AvgIpc) is 2.87. The molecule has 0 aromatic heterocycles. The molecule has 0 amide bonds. The molecular formula is C32H59NO6. The maximum atomic E-state index is 11.6. The zero-order valence-electron chi connectivity index (χ0n) is 25.5. The third-order valence-electron chi connectivity index (χ3n) is 7.87. The van der Waals surface area contributed by atoms with Crippen LogP contribution in [-0.4, -0.2) is 58.8 Å². The summed E-state index contributed by atoms with van der Waals surface area (Å²) >= 11 is 0. The Labute approximate surface area is 238 Å². The van der Waals surface area contributed by atoms with Crippen LogP contribution < -0.4 is 5.11 Å². The lowest BCUT2D eigenvalue weighted by molar-refractivity contribution is -0.934. The standard InChI is InChI=1S/C32H59NO6/c1-5-6-7-8-9-10-11-12-13-14-15-16-17-18-19-20-21-22-23-33(24-27(2)30(34)35,25-28(3)31(36)37)26-29(4)32(38)39/h12-13,27-29H,5-11,14-26H2,1-4H3,(H2-,34,35,36,37,38,39)/b13-12+. The van der Waals surface area contributed by atoms with E-state index in [1.807, 2.05) is 0 Å². The van der Waals surface area contributed by atoms with Gasteiger partial charge in [0.15, 0.2) is 0 Å². The van der Waals surface area contributed by atoms with Crippen LogP contribution in [0.5, 0.6) is 0 Å². The highest BCUT2D eigenvalue weighted by atomic mass is 16.4. The Hall–Kier alpha value is -1.89. The normalized spacial score (nSPS) is 15.6. The van der Waals surface area contributed by atoms with Crippen LogP contribution in [0.2, 0.25) is 0 Å². The quantitative estimate of drug-likeness (QED) is 0.0686. The maximum absolute atomic E-state index is 11.6. The molecule has 3 atom stereocenters. The van der Waals surface area contributed by atoms with E-state index in [4.69, 9.17) is 0 Å². The van der Waals surface area contributed by atoms with Crippen molar-refractivity contribution in [3.63, 3.8) is 0 Å². The number of carbonyl (C=O) groups excluding carboxylic acids is 1. The lowest BCUT2D eigenvalue weighted by Gasteiger charge is -2.43. The molecule has 0 aliphatic carbocycles. The smallest absolute Gasteiger partial charge is 0.311 e. The van der Waals surface area contributed by atoms with Gasteiger partial charge in [-0.25, -0.2) is 0 Å². The van der Waals surface area contributed by atoms with Crippen molar-refractivity contribution in [1.29, 1.82) is 0 Å². The second kappa shape index (κ2) is 22.9. The SMILES string of the molecule is CCCCCCCC/C=C/CCCCCCCCCC[N+](CC(C)C(=O)[O-])(CC(C)C(=O)O)CC(C)C(=O)O. The first-order valence-electron chi connectivity index (χ1n) is 15.7. The van der Waals surface area contributed by atoms with Crippen molar-refractivity contribution in [1.82, 2.24) is 0 Å². The third kappa shape index (κ3) is 19.8. The van der Waals surface area contributed by atoms with Gasteiger partial charge in [0.1, 0.15) is 11.8 Å². The lowest BCUT2D eigenvalue weighted by Crippen LogP contribution is -2.58. The number of allylic oxidation sites excluding steroid dienone is 2. The Balaban J connectivity index is 4.39. The summed E-state index contributed by atoms with van der Waals surface area (Å²) in [6, 6.07) is 0. The molecule has 0 heterocycles. The molecular weight excluding hydrogens is 494 g/mol. The minimum atomic E-state index is -1.18. The summed E-state index contributed by atoms with van der Waals surface area (Å²) in [5.74, 6) is -5.24. The molecule has 0 radical (unpaired) electrons. The van der Waals surface area contributed by atoms with E-state index in [1.165, 1.54) is 77.0 Å². The highest BCUT2D eigenvalue weighted by Crippen LogP contribution is 2.22. The number of carboxylic acids is 3. The third-order valence-corrected chi connectivity index (χ3v) is 7.87. The fraction of sp³-hybridized carbons (Fsp3) is 0.844. The molecule has 7 heteroatoms. The van der Waals surface area contributed by atoms with Crippen LogP contribution >= 0.6 is 0 Å². The molecule has 0 saturated carbocycles. The van der Waals surface area contributed by atoms with Gasteiger partial charge in [0, 0.05) is 11.9 Å². The summed E-state index contributed by atoms with van der Waals surface area (Å²) in [6.07, 6.45) is 24.1. The Morgan fingerprint density at radius 1 is 0.615 bits per heavy atom. The summed E-state index contributed by atoms with van der Waals surface area (Å²) < 4.78 is 0.183. The first-order valence-corrected chi connectivity index (χ1v) is 15.7. The summed E-state index contributed by atoms with van der Waals surface area (Å²) in [7, 11) is 0.